The molecule has 1 aromatic heterocycles. The van der Waals surface area contributed by atoms with Gasteiger partial charge in [0.05, 0.1) is 5.69 Å². The molecule has 0 spiro atoms. The summed E-state index contributed by atoms with van der Waals surface area (Å²) in [5, 5.41) is 4.44. The molecule has 2 rings (SSSR count). The van der Waals surface area contributed by atoms with Crippen molar-refractivity contribution in [2.45, 2.75) is 33.1 Å². The molecule has 0 atom stereocenters. The van der Waals surface area contributed by atoms with Gasteiger partial charge in [-0.1, -0.05) is 20.8 Å². The number of amides is 1. The number of halogens is 1. The van der Waals surface area contributed by atoms with Gasteiger partial charge in [0.1, 0.15) is 11.5 Å². The van der Waals surface area contributed by atoms with Gasteiger partial charge in [-0.3, -0.25) is 9.48 Å². The molecule has 2 aromatic rings. The zero-order chi connectivity index (χ0) is 16.5. The number of anilines is 1. The van der Waals surface area contributed by atoms with Crippen LogP contribution in [0.15, 0.2) is 30.3 Å². The number of aromatic nitrogens is 2. The number of hydrogen-bond donors (Lipinski definition) is 0. The minimum Gasteiger partial charge on any atom is -0.307 e. The van der Waals surface area contributed by atoms with Gasteiger partial charge in [-0.2, -0.15) is 5.10 Å². The van der Waals surface area contributed by atoms with E-state index in [0.29, 0.717) is 17.9 Å². The molecule has 22 heavy (non-hydrogen) atoms. The molecule has 0 saturated heterocycles. The largest absolute Gasteiger partial charge is 0.307 e. The van der Waals surface area contributed by atoms with E-state index in [4.69, 9.17) is 0 Å². The van der Waals surface area contributed by atoms with Crippen LogP contribution in [0.5, 0.6) is 0 Å². The molecule has 1 heterocycles. The first-order valence-corrected chi connectivity index (χ1v) is 7.36. The van der Waals surface area contributed by atoms with Gasteiger partial charge in [0.15, 0.2) is 0 Å². The summed E-state index contributed by atoms with van der Waals surface area (Å²) in [6.45, 7) is 8.56. The fraction of sp³-hybridized carbons (Fsp3) is 0.412. The van der Waals surface area contributed by atoms with Crippen molar-refractivity contribution in [3.8, 4) is 0 Å². The Balaban J connectivity index is 2.37. The van der Waals surface area contributed by atoms with Crippen molar-refractivity contribution in [1.82, 2.24) is 9.78 Å². The molecule has 0 fully saturated rings. The van der Waals surface area contributed by atoms with Gasteiger partial charge >= 0.3 is 0 Å². The van der Waals surface area contributed by atoms with Crippen LogP contribution in [0, 0.1) is 5.82 Å². The highest BCUT2D eigenvalue weighted by Crippen LogP contribution is 2.23. The molecule has 4 nitrogen and oxygen atoms in total. The first-order valence-electron chi connectivity index (χ1n) is 7.36. The number of rotatable bonds is 3. The molecule has 0 aliphatic heterocycles. The van der Waals surface area contributed by atoms with E-state index in [9.17, 15) is 9.18 Å². The summed E-state index contributed by atoms with van der Waals surface area (Å²) in [5.41, 5.74) is 1.94. The van der Waals surface area contributed by atoms with Gasteiger partial charge in [0.2, 0.25) is 0 Å². The van der Waals surface area contributed by atoms with E-state index in [1.165, 1.54) is 12.1 Å². The smallest absolute Gasteiger partial charge is 0.276 e. The van der Waals surface area contributed by atoms with Gasteiger partial charge in [-0.15, -0.1) is 0 Å². The number of benzene rings is 1. The maximum Gasteiger partial charge on any atom is 0.276 e. The Morgan fingerprint density at radius 1 is 1.27 bits per heavy atom. The van der Waals surface area contributed by atoms with Crippen molar-refractivity contribution < 1.29 is 9.18 Å². The van der Waals surface area contributed by atoms with E-state index < -0.39 is 0 Å². The summed E-state index contributed by atoms with van der Waals surface area (Å²) in [6.07, 6.45) is 0. The first kappa shape index (κ1) is 16.2. The molecule has 118 valence electrons. The number of hydrogen-bond acceptors (Lipinski definition) is 2. The van der Waals surface area contributed by atoms with Crippen LogP contribution in [-0.4, -0.2) is 22.2 Å². The quantitative estimate of drug-likeness (QED) is 0.870. The molecule has 0 radical (unpaired) electrons. The monoisotopic (exact) mass is 303 g/mol. The van der Waals surface area contributed by atoms with E-state index in [2.05, 4.69) is 25.9 Å². The minimum atomic E-state index is -0.317. The van der Waals surface area contributed by atoms with Crippen LogP contribution in [0.2, 0.25) is 0 Å². The Hall–Kier alpha value is -2.17. The maximum absolute atomic E-state index is 13.1. The number of aryl methyl sites for hydroxylation is 1. The highest BCUT2D eigenvalue weighted by atomic mass is 19.1. The summed E-state index contributed by atoms with van der Waals surface area (Å²) >= 11 is 0. The molecule has 0 saturated carbocycles. The number of nitrogens with zero attached hydrogens (tertiary/aromatic N) is 3. The lowest BCUT2D eigenvalue weighted by atomic mass is 9.92. The average molecular weight is 303 g/mol. The third-order valence-electron chi connectivity index (χ3n) is 3.57. The van der Waals surface area contributed by atoms with Crippen LogP contribution in [0.25, 0.3) is 0 Å². The Bertz CT molecular complexity index is 668. The Labute approximate surface area is 130 Å². The fourth-order valence-corrected chi connectivity index (χ4v) is 2.24. The first-order chi connectivity index (χ1) is 10.2. The second-order valence-electron chi connectivity index (χ2n) is 6.31. The molecule has 5 heteroatoms. The molecular weight excluding hydrogens is 281 g/mol. The summed E-state index contributed by atoms with van der Waals surface area (Å²) in [5.74, 6) is -0.456. The lowest BCUT2D eigenvalue weighted by Gasteiger charge is -2.20. The van der Waals surface area contributed by atoms with Crippen molar-refractivity contribution in [2.24, 2.45) is 7.05 Å². The van der Waals surface area contributed by atoms with E-state index in [1.807, 2.05) is 13.0 Å². The molecular formula is C17H22FN3O. The van der Waals surface area contributed by atoms with Gasteiger partial charge < -0.3 is 4.90 Å². The fourth-order valence-electron chi connectivity index (χ4n) is 2.24. The van der Waals surface area contributed by atoms with Crippen LogP contribution >= 0.6 is 0 Å². The predicted octanol–water partition coefficient (Wildman–Crippen LogP) is 3.52. The van der Waals surface area contributed by atoms with Crippen molar-refractivity contribution in [2.75, 3.05) is 11.4 Å². The molecule has 1 amide bonds. The average Bonchev–Trinajstić information content (AvgIpc) is 2.83. The summed E-state index contributed by atoms with van der Waals surface area (Å²) in [4.78, 5) is 14.4. The molecule has 0 aliphatic carbocycles. The summed E-state index contributed by atoms with van der Waals surface area (Å²) in [6, 6.07) is 7.76. The Morgan fingerprint density at radius 3 is 2.32 bits per heavy atom. The molecule has 0 bridgehead atoms. The van der Waals surface area contributed by atoms with Gasteiger partial charge in [0.25, 0.3) is 5.91 Å². The topological polar surface area (TPSA) is 38.1 Å². The van der Waals surface area contributed by atoms with Crippen LogP contribution in [0.4, 0.5) is 10.1 Å². The third kappa shape index (κ3) is 3.18. The number of carbonyl (C=O) groups excluding carboxylic acids is 1. The Morgan fingerprint density at radius 2 is 1.86 bits per heavy atom. The van der Waals surface area contributed by atoms with E-state index in [-0.39, 0.29) is 17.1 Å². The molecule has 1 aromatic carbocycles. The van der Waals surface area contributed by atoms with Crippen molar-refractivity contribution >= 4 is 11.6 Å². The highest BCUT2D eigenvalue weighted by Gasteiger charge is 2.24. The second kappa shape index (κ2) is 5.91. The lowest BCUT2D eigenvalue weighted by molar-refractivity contribution is 0.0979. The highest BCUT2D eigenvalue weighted by molar-refractivity contribution is 6.05. The van der Waals surface area contributed by atoms with Crippen molar-refractivity contribution in [1.29, 1.82) is 0 Å². The zero-order valence-electron chi connectivity index (χ0n) is 13.7. The minimum absolute atomic E-state index is 0.122. The van der Waals surface area contributed by atoms with Gasteiger partial charge in [-0.25, -0.2) is 4.39 Å². The number of carbonyl (C=O) groups is 1. The SMILES string of the molecule is CCN(C(=O)c1cc(C(C)(C)C)nn1C)c1ccc(F)cc1. The van der Waals surface area contributed by atoms with Gasteiger partial charge in [0, 0.05) is 24.7 Å². The van der Waals surface area contributed by atoms with Crippen LogP contribution in [0.3, 0.4) is 0 Å². The van der Waals surface area contributed by atoms with Crippen molar-refractivity contribution in [3.63, 3.8) is 0 Å². The van der Waals surface area contributed by atoms with Crippen molar-refractivity contribution in [3.05, 3.63) is 47.5 Å². The maximum atomic E-state index is 13.1. The lowest BCUT2D eigenvalue weighted by Crippen LogP contribution is -2.32. The summed E-state index contributed by atoms with van der Waals surface area (Å²) < 4.78 is 14.7. The second-order valence-corrected chi connectivity index (χ2v) is 6.31. The normalized spacial score (nSPS) is 11.5. The van der Waals surface area contributed by atoms with Crippen LogP contribution < -0.4 is 4.90 Å². The zero-order valence-corrected chi connectivity index (χ0v) is 13.7. The predicted molar refractivity (Wildman–Crippen MR) is 85.7 cm³/mol. The van der Waals surface area contributed by atoms with E-state index in [0.717, 1.165) is 5.69 Å². The van der Waals surface area contributed by atoms with Crippen LogP contribution in [0.1, 0.15) is 43.9 Å². The van der Waals surface area contributed by atoms with E-state index in [1.54, 1.807) is 28.8 Å². The van der Waals surface area contributed by atoms with Gasteiger partial charge in [-0.05, 0) is 37.3 Å². The standard InChI is InChI=1S/C17H22FN3O/c1-6-21(13-9-7-12(18)8-10-13)16(22)14-11-15(17(2,3)4)19-20(14)5/h7-11H,6H2,1-5H3. The summed E-state index contributed by atoms with van der Waals surface area (Å²) in [7, 11) is 1.76. The Kier molecular flexibility index (Phi) is 4.35. The molecule has 0 unspecified atom stereocenters. The third-order valence-corrected chi connectivity index (χ3v) is 3.57. The molecule has 0 N–H and O–H groups in total. The molecule has 0 aliphatic rings. The van der Waals surface area contributed by atoms with Crippen LogP contribution in [-0.2, 0) is 12.5 Å². The van der Waals surface area contributed by atoms with E-state index >= 15 is 0 Å².